The third-order valence-corrected chi connectivity index (χ3v) is 1.84. The molecule has 1 heterocycles. The van der Waals surface area contributed by atoms with Crippen molar-refractivity contribution in [1.82, 2.24) is 15.0 Å². The van der Waals surface area contributed by atoms with Gasteiger partial charge in [-0.15, -0.1) is 0 Å². The predicted molar refractivity (Wildman–Crippen MR) is 66.0 cm³/mol. The fourth-order valence-corrected chi connectivity index (χ4v) is 1.02. The van der Waals surface area contributed by atoms with E-state index >= 15 is 0 Å². The fourth-order valence-electron chi connectivity index (χ4n) is 1.02. The van der Waals surface area contributed by atoms with Gasteiger partial charge in [-0.2, -0.15) is 15.0 Å². The minimum absolute atomic E-state index is 0.542. The third-order valence-electron chi connectivity index (χ3n) is 1.84. The Morgan fingerprint density at radius 1 is 1.00 bits per heavy atom. The van der Waals surface area contributed by atoms with Crippen molar-refractivity contribution in [3.05, 3.63) is 0 Å². The molecule has 0 saturated heterocycles. The van der Waals surface area contributed by atoms with Crippen molar-refractivity contribution in [1.29, 1.82) is 0 Å². The van der Waals surface area contributed by atoms with Crippen molar-refractivity contribution in [2.45, 2.75) is 0 Å². The zero-order valence-corrected chi connectivity index (χ0v) is 10.2. The van der Waals surface area contributed by atoms with Crippen LogP contribution < -0.4 is 20.9 Å². The molecule has 1 aromatic rings. The Balaban J connectivity index is 2.99. The highest BCUT2D eigenvalue weighted by Crippen LogP contribution is 2.12. The van der Waals surface area contributed by atoms with Crippen molar-refractivity contribution in [2.24, 2.45) is 5.73 Å². The SMILES string of the molecule is CN(C)c1nc(NCCN)nc(N(C)C)n1. The zero-order chi connectivity index (χ0) is 12.1. The molecule has 0 aliphatic rings. The van der Waals surface area contributed by atoms with E-state index in [0.29, 0.717) is 30.9 Å². The fraction of sp³-hybridized carbons (Fsp3) is 0.667. The van der Waals surface area contributed by atoms with Gasteiger partial charge in [0.1, 0.15) is 0 Å². The molecule has 7 nitrogen and oxygen atoms in total. The molecule has 0 bridgehead atoms. The molecule has 7 heteroatoms. The van der Waals surface area contributed by atoms with Gasteiger partial charge in [0.25, 0.3) is 0 Å². The van der Waals surface area contributed by atoms with Gasteiger partial charge in [0, 0.05) is 41.3 Å². The smallest absolute Gasteiger partial charge is 0.231 e. The standard InChI is InChI=1S/C9H19N7/c1-15(2)8-12-7(11-6-5-10)13-9(14-8)16(3)4/h5-6,10H2,1-4H3,(H,11,12,13,14). The van der Waals surface area contributed by atoms with Crippen LogP contribution in [0.2, 0.25) is 0 Å². The second-order valence-corrected chi connectivity index (χ2v) is 3.76. The number of anilines is 3. The molecule has 3 N–H and O–H groups in total. The molecule has 0 amide bonds. The number of rotatable bonds is 5. The Bertz CT molecular complexity index is 310. The maximum atomic E-state index is 5.42. The van der Waals surface area contributed by atoms with E-state index in [1.807, 2.05) is 38.0 Å². The average molecular weight is 225 g/mol. The third kappa shape index (κ3) is 3.20. The number of hydrogen-bond donors (Lipinski definition) is 2. The summed E-state index contributed by atoms with van der Waals surface area (Å²) in [6, 6.07) is 0. The van der Waals surface area contributed by atoms with Gasteiger partial charge in [-0.3, -0.25) is 0 Å². The molecule has 0 fully saturated rings. The number of nitrogens with two attached hydrogens (primary N) is 1. The lowest BCUT2D eigenvalue weighted by atomic mass is 10.6. The van der Waals surface area contributed by atoms with E-state index in [9.17, 15) is 0 Å². The first-order valence-electron chi connectivity index (χ1n) is 5.09. The van der Waals surface area contributed by atoms with Crippen LogP contribution in [0.5, 0.6) is 0 Å². The number of nitrogens with zero attached hydrogens (tertiary/aromatic N) is 5. The normalized spacial score (nSPS) is 10.1. The van der Waals surface area contributed by atoms with Gasteiger partial charge in [-0.05, 0) is 0 Å². The summed E-state index contributed by atoms with van der Waals surface area (Å²) in [6.07, 6.45) is 0. The Hall–Kier alpha value is -1.63. The molecule has 0 saturated carbocycles. The van der Waals surface area contributed by atoms with E-state index in [2.05, 4.69) is 20.3 Å². The topological polar surface area (TPSA) is 83.2 Å². The maximum absolute atomic E-state index is 5.42. The molecule has 0 aliphatic carbocycles. The van der Waals surface area contributed by atoms with Crippen LogP contribution in [0.25, 0.3) is 0 Å². The van der Waals surface area contributed by atoms with Crippen LogP contribution in [-0.2, 0) is 0 Å². The first-order valence-corrected chi connectivity index (χ1v) is 5.09. The Morgan fingerprint density at radius 2 is 1.50 bits per heavy atom. The molecular formula is C9H19N7. The number of hydrogen-bond acceptors (Lipinski definition) is 7. The summed E-state index contributed by atoms with van der Waals surface area (Å²) in [7, 11) is 7.56. The summed E-state index contributed by atoms with van der Waals surface area (Å²) in [5.41, 5.74) is 5.42. The van der Waals surface area contributed by atoms with Gasteiger partial charge in [0.2, 0.25) is 17.8 Å². The van der Waals surface area contributed by atoms with Gasteiger partial charge < -0.3 is 20.9 Å². The van der Waals surface area contributed by atoms with E-state index in [1.54, 1.807) is 0 Å². The molecule has 0 spiro atoms. The maximum Gasteiger partial charge on any atom is 0.231 e. The highest BCUT2D eigenvalue weighted by molar-refractivity contribution is 5.43. The van der Waals surface area contributed by atoms with E-state index in [4.69, 9.17) is 5.73 Å². The number of nitrogens with one attached hydrogen (secondary N) is 1. The molecule has 0 unspecified atom stereocenters. The van der Waals surface area contributed by atoms with Crippen molar-refractivity contribution >= 4 is 17.8 Å². The first-order chi connectivity index (χ1) is 7.54. The monoisotopic (exact) mass is 225 g/mol. The van der Waals surface area contributed by atoms with Crippen LogP contribution >= 0.6 is 0 Å². The lowest BCUT2D eigenvalue weighted by Crippen LogP contribution is -2.21. The first kappa shape index (κ1) is 12.4. The van der Waals surface area contributed by atoms with Crippen LogP contribution in [0, 0.1) is 0 Å². The average Bonchev–Trinajstić information content (AvgIpc) is 2.25. The predicted octanol–water partition coefficient (Wildman–Crippen LogP) is -0.626. The Kier molecular flexibility index (Phi) is 4.24. The second kappa shape index (κ2) is 5.45. The summed E-state index contributed by atoms with van der Waals surface area (Å²) in [6.45, 7) is 1.18. The van der Waals surface area contributed by atoms with E-state index in [1.165, 1.54) is 0 Å². The molecule has 0 aromatic carbocycles. The van der Waals surface area contributed by atoms with Crippen molar-refractivity contribution in [2.75, 3.05) is 56.4 Å². The summed E-state index contributed by atoms with van der Waals surface area (Å²) in [4.78, 5) is 16.5. The molecule has 90 valence electrons. The molecule has 0 radical (unpaired) electrons. The summed E-state index contributed by atoms with van der Waals surface area (Å²) >= 11 is 0. The summed E-state index contributed by atoms with van der Waals surface area (Å²) in [5, 5.41) is 3.04. The Labute approximate surface area is 95.7 Å². The molecule has 1 aromatic heterocycles. The highest BCUT2D eigenvalue weighted by Gasteiger charge is 2.08. The van der Waals surface area contributed by atoms with Gasteiger partial charge >= 0.3 is 0 Å². The van der Waals surface area contributed by atoms with E-state index in [0.717, 1.165) is 0 Å². The minimum Gasteiger partial charge on any atom is -0.353 e. The van der Waals surface area contributed by atoms with Crippen molar-refractivity contribution < 1.29 is 0 Å². The van der Waals surface area contributed by atoms with Gasteiger partial charge in [0.05, 0.1) is 0 Å². The van der Waals surface area contributed by atoms with Gasteiger partial charge in [-0.25, -0.2) is 0 Å². The molecule has 0 aliphatic heterocycles. The van der Waals surface area contributed by atoms with Gasteiger partial charge in [0.15, 0.2) is 0 Å². The summed E-state index contributed by atoms with van der Waals surface area (Å²) < 4.78 is 0. The second-order valence-electron chi connectivity index (χ2n) is 3.76. The van der Waals surface area contributed by atoms with Crippen LogP contribution in [-0.4, -0.2) is 56.2 Å². The molecule has 0 atom stereocenters. The lowest BCUT2D eigenvalue weighted by Gasteiger charge is -2.16. The molecular weight excluding hydrogens is 206 g/mol. The number of aromatic nitrogens is 3. The minimum atomic E-state index is 0.542. The molecule has 16 heavy (non-hydrogen) atoms. The van der Waals surface area contributed by atoms with E-state index < -0.39 is 0 Å². The van der Waals surface area contributed by atoms with Crippen LogP contribution in [0.15, 0.2) is 0 Å². The molecule has 1 rings (SSSR count). The summed E-state index contributed by atoms with van der Waals surface area (Å²) in [5.74, 6) is 1.80. The van der Waals surface area contributed by atoms with Gasteiger partial charge in [-0.1, -0.05) is 0 Å². The van der Waals surface area contributed by atoms with Crippen LogP contribution in [0.1, 0.15) is 0 Å². The lowest BCUT2D eigenvalue weighted by molar-refractivity contribution is 0.901. The Morgan fingerprint density at radius 3 is 1.88 bits per heavy atom. The largest absolute Gasteiger partial charge is 0.353 e. The van der Waals surface area contributed by atoms with Crippen LogP contribution in [0.4, 0.5) is 17.8 Å². The van der Waals surface area contributed by atoms with Crippen LogP contribution in [0.3, 0.4) is 0 Å². The van der Waals surface area contributed by atoms with E-state index in [-0.39, 0.29) is 0 Å². The highest BCUT2D eigenvalue weighted by atomic mass is 15.3. The quantitative estimate of drug-likeness (QED) is 0.690. The van der Waals surface area contributed by atoms with Crippen molar-refractivity contribution in [3.63, 3.8) is 0 Å². The van der Waals surface area contributed by atoms with Crippen molar-refractivity contribution in [3.8, 4) is 0 Å². The zero-order valence-electron chi connectivity index (χ0n) is 10.2.